The predicted octanol–water partition coefficient (Wildman–Crippen LogP) is -0.915. The number of piperazine rings is 1. The molecule has 1 heterocycles. The van der Waals surface area contributed by atoms with Crippen molar-refractivity contribution in [2.75, 3.05) is 44.6 Å². The molecule has 3 N–H and O–H groups in total. The Labute approximate surface area is 136 Å². The number of quaternary nitrogens is 2. The van der Waals surface area contributed by atoms with Crippen LogP contribution < -0.4 is 15.1 Å². The van der Waals surface area contributed by atoms with E-state index in [1.165, 1.54) is 9.80 Å². The summed E-state index contributed by atoms with van der Waals surface area (Å²) >= 11 is 0. The van der Waals surface area contributed by atoms with Crippen LogP contribution in [0.1, 0.15) is 0 Å². The Morgan fingerprint density at radius 2 is 1.74 bits per heavy atom. The van der Waals surface area contributed by atoms with Crippen LogP contribution in [0.25, 0.3) is 10.8 Å². The van der Waals surface area contributed by atoms with Crippen LogP contribution in [0.3, 0.4) is 0 Å². The molecule has 5 nitrogen and oxygen atoms in total. The summed E-state index contributed by atoms with van der Waals surface area (Å²) in [6, 6.07) is 16.2. The van der Waals surface area contributed by atoms with Gasteiger partial charge in [-0.05, 0) is 11.5 Å². The van der Waals surface area contributed by atoms with Gasteiger partial charge in [0, 0.05) is 11.1 Å². The van der Waals surface area contributed by atoms with Crippen LogP contribution >= 0.6 is 0 Å². The van der Waals surface area contributed by atoms with Crippen molar-refractivity contribution in [1.29, 1.82) is 5.26 Å². The Balaban J connectivity index is 1.58. The molecule has 3 rings (SSSR count). The Morgan fingerprint density at radius 1 is 1.04 bits per heavy atom. The first-order valence-corrected chi connectivity index (χ1v) is 8.08. The van der Waals surface area contributed by atoms with Gasteiger partial charge in [0.1, 0.15) is 32.2 Å². The van der Waals surface area contributed by atoms with E-state index in [2.05, 4.69) is 11.4 Å². The lowest BCUT2D eigenvalue weighted by Gasteiger charge is -2.27. The zero-order valence-electron chi connectivity index (χ0n) is 13.1. The van der Waals surface area contributed by atoms with Gasteiger partial charge in [0.2, 0.25) is 0 Å². The van der Waals surface area contributed by atoms with Gasteiger partial charge in [-0.2, -0.15) is 5.26 Å². The molecule has 2 aromatic carbocycles. The Bertz CT molecular complexity index is 724. The average Bonchev–Trinajstić information content (AvgIpc) is 2.57. The van der Waals surface area contributed by atoms with Gasteiger partial charge in [-0.15, -0.1) is 0 Å². The fraction of sp³-hybridized carbons (Fsp3) is 0.333. The third-order valence-corrected chi connectivity index (χ3v) is 4.47. The minimum Gasteiger partial charge on any atom is -0.321 e. The van der Waals surface area contributed by atoms with Crippen LogP contribution in [0.5, 0.6) is 0 Å². The number of nitriles is 1. The van der Waals surface area contributed by atoms with Gasteiger partial charge in [0.15, 0.2) is 13.1 Å². The summed E-state index contributed by atoms with van der Waals surface area (Å²) in [7, 11) is 0. The third kappa shape index (κ3) is 3.86. The highest BCUT2D eigenvalue weighted by molar-refractivity contribution is 6.02. The summed E-state index contributed by atoms with van der Waals surface area (Å²) in [5, 5.41) is 14.0. The van der Waals surface area contributed by atoms with E-state index >= 15 is 0 Å². The van der Waals surface area contributed by atoms with E-state index in [9.17, 15) is 4.79 Å². The number of hydrogen-bond donors (Lipinski definition) is 3. The molecule has 1 fully saturated rings. The maximum atomic E-state index is 12.3. The minimum atomic E-state index is 0.0556. The number of anilines is 1. The first-order chi connectivity index (χ1) is 11.3. The number of fused-ring (bicyclic) bond motifs is 1. The first-order valence-electron chi connectivity index (χ1n) is 8.08. The first kappa shape index (κ1) is 15.5. The molecule has 0 atom stereocenters. The molecule has 0 aromatic heterocycles. The molecular formula is C18H22N4O+2. The number of rotatable bonds is 4. The average molecular weight is 310 g/mol. The summed E-state index contributed by atoms with van der Waals surface area (Å²) in [5.41, 5.74) is 0.876. The lowest BCUT2D eigenvalue weighted by Crippen LogP contribution is -3.28. The van der Waals surface area contributed by atoms with Crippen LogP contribution in [-0.4, -0.2) is 45.2 Å². The van der Waals surface area contributed by atoms with Crippen molar-refractivity contribution in [3.8, 4) is 6.07 Å². The normalized spacial score (nSPS) is 20.8. The lowest BCUT2D eigenvalue weighted by molar-refractivity contribution is -1.01. The Hall–Kier alpha value is -2.42. The van der Waals surface area contributed by atoms with Gasteiger partial charge in [0.05, 0.1) is 0 Å². The molecule has 0 spiro atoms. The molecule has 0 saturated carbocycles. The van der Waals surface area contributed by atoms with Crippen molar-refractivity contribution in [3.05, 3.63) is 42.5 Å². The molecule has 5 heteroatoms. The summed E-state index contributed by atoms with van der Waals surface area (Å²) in [6.07, 6.45) is 0. The molecular weight excluding hydrogens is 288 g/mol. The van der Waals surface area contributed by atoms with E-state index in [4.69, 9.17) is 5.26 Å². The highest BCUT2D eigenvalue weighted by atomic mass is 16.2. The Kier molecular flexibility index (Phi) is 4.86. The zero-order valence-corrected chi connectivity index (χ0v) is 13.1. The fourth-order valence-electron chi connectivity index (χ4n) is 3.18. The smallest absolute Gasteiger partial charge is 0.279 e. The van der Waals surface area contributed by atoms with Crippen molar-refractivity contribution in [2.45, 2.75) is 0 Å². The number of nitrogens with zero attached hydrogens (tertiary/aromatic N) is 1. The molecule has 0 bridgehead atoms. The van der Waals surface area contributed by atoms with E-state index in [-0.39, 0.29) is 5.91 Å². The van der Waals surface area contributed by atoms with Crippen LogP contribution in [0.2, 0.25) is 0 Å². The third-order valence-electron chi connectivity index (χ3n) is 4.47. The number of amides is 1. The lowest BCUT2D eigenvalue weighted by atomic mass is 10.1. The number of hydrogen-bond acceptors (Lipinski definition) is 2. The largest absolute Gasteiger partial charge is 0.321 e. The molecule has 118 valence electrons. The van der Waals surface area contributed by atoms with E-state index in [0.29, 0.717) is 13.1 Å². The molecule has 0 radical (unpaired) electrons. The number of nitrogens with one attached hydrogen (secondary N) is 3. The second-order valence-corrected chi connectivity index (χ2v) is 6.09. The standard InChI is InChI=1S/C18H20N4O/c19-8-9-21-10-12-22(13-11-21)14-18(23)20-17-7-3-5-15-4-1-2-6-16(15)17/h1-7H,9-14H2,(H,20,23)/p+2. The second kappa shape index (κ2) is 7.23. The summed E-state index contributed by atoms with van der Waals surface area (Å²) < 4.78 is 0. The highest BCUT2D eigenvalue weighted by Crippen LogP contribution is 2.22. The van der Waals surface area contributed by atoms with Crippen LogP contribution in [0, 0.1) is 11.3 Å². The van der Waals surface area contributed by atoms with Crippen molar-refractivity contribution in [1.82, 2.24) is 0 Å². The molecule has 1 aliphatic heterocycles. The predicted molar refractivity (Wildman–Crippen MR) is 89.3 cm³/mol. The molecule has 1 amide bonds. The summed E-state index contributed by atoms with van der Waals surface area (Å²) in [5.74, 6) is 0.0556. The maximum absolute atomic E-state index is 12.3. The maximum Gasteiger partial charge on any atom is 0.279 e. The van der Waals surface area contributed by atoms with Crippen molar-refractivity contribution in [2.24, 2.45) is 0 Å². The monoisotopic (exact) mass is 310 g/mol. The molecule has 23 heavy (non-hydrogen) atoms. The van der Waals surface area contributed by atoms with Crippen molar-refractivity contribution < 1.29 is 14.6 Å². The summed E-state index contributed by atoms with van der Waals surface area (Å²) in [6.45, 7) is 4.87. The molecule has 0 aliphatic carbocycles. The summed E-state index contributed by atoms with van der Waals surface area (Å²) in [4.78, 5) is 15.0. The van der Waals surface area contributed by atoms with Crippen molar-refractivity contribution in [3.63, 3.8) is 0 Å². The number of carbonyl (C=O) groups excluding carboxylic acids is 1. The van der Waals surface area contributed by atoms with E-state index in [0.717, 1.165) is 42.6 Å². The van der Waals surface area contributed by atoms with Crippen LogP contribution in [0.15, 0.2) is 42.5 Å². The van der Waals surface area contributed by atoms with E-state index < -0.39 is 0 Å². The van der Waals surface area contributed by atoms with Crippen molar-refractivity contribution >= 4 is 22.4 Å². The molecule has 1 saturated heterocycles. The van der Waals surface area contributed by atoms with E-state index in [1.807, 2.05) is 42.5 Å². The van der Waals surface area contributed by atoms with Gasteiger partial charge in [0.25, 0.3) is 5.91 Å². The van der Waals surface area contributed by atoms with Gasteiger partial charge < -0.3 is 15.1 Å². The van der Waals surface area contributed by atoms with Crippen LogP contribution in [0.4, 0.5) is 5.69 Å². The van der Waals surface area contributed by atoms with E-state index in [1.54, 1.807) is 0 Å². The zero-order chi connectivity index (χ0) is 16.1. The number of benzene rings is 2. The molecule has 0 unspecified atom stereocenters. The van der Waals surface area contributed by atoms with Crippen LogP contribution in [-0.2, 0) is 4.79 Å². The minimum absolute atomic E-state index is 0.0556. The SMILES string of the molecule is N#CC[NH+]1CC[NH+](CC(=O)Nc2cccc3ccccc23)CC1. The Morgan fingerprint density at radius 3 is 2.52 bits per heavy atom. The molecule has 2 aromatic rings. The van der Waals surface area contributed by atoms with Gasteiger partial charge in [-0.3, -0.25) is 4.79 Å². The van der Waals surface area contributed by atoms with Gasteiger partial charge in [-0.25, -0.2) is 0 Å². The van der Waals surface area contributed by atoms with Gasteiger partial charge in [-0.1, -0.05) is 36.4 Å². The quantitative estimate of drug-likeness (QED) is 0.640. The second-order valence-electron chi connectivity index (χ2n) is 6.09. The molecule has 1 aliphatic rings. The fourth-order valence-corrected chi connectivity index (χ4v) is 3.18. The van der Waals surface area contributed by atoms with Gasteiger partial charge >= 0.3 is 0 Å². The topological polar surface area (TPSA) is 61.8 Å². The highest BCUT2D eigenvalue weighted by Gasteiger charge is 2.24. The number of carbonyl (C=O) groups is 1.